The van der Waals surface area contributed by atoms with Gasteiger partial charge in [-0.05, 0) is 18.3 Å². The van der Waals surface area contributed by atoms with E-state index in [0.717, 1.165) is 0 Å². The molecule has 0 atom stereocenters. The van der Waals surface area contributed by atoms with Crippen molar-refractivity contribution < 1.29 is 13.9 Å². The first-order chi connectivity index (χ1) is 8.49. The third kappa shape index (κ3) is 2.46. The first-order valence-electron chi connectivity index (χ1n) is 4.99. The standard InChI is InChI=1S/C10H9ClFN3O2S/c11-5-3-7-8(4-6(5)12)15(10(18)14-7)1-2-17-9(13)16/h3-4H,1-2H2,(H2,13,16)(H,14,18). The molecule has 1 heterocycles. The number of carbonyl (C=O) groups is 1. The van der Waals surface area contributed by atoms with Crippen molar-refractivity contribution in [2.24, 2.45) is 5.73 Å². The van der Waals surface area contributed by atoms with E-state index in [2.05, 4.69) is 9.72 Å². The van der Waals surface area contributed by atoms with Crippen LogP contribution in [0.5, 0.6) is 0 Å². The zero-order valence-electron chi connectivity index (χ0n) is 9.07. The Morgan fingerprint density at radius 3 is 3.00 bits per heavy atom. The predicted octanol–water partition coefficient (Wildman–Crippen LogP) is 2.59. The summed E-state index contributed by atoms with van der Waals surface area (Å²) in [5.74, 6) is -0.539. The van der Waals surface area contributed by atoms with Crippen LogP contribution in [0.1, 0.15) is 0 Å². The number of aromatic amines is 1. The Labute approximate surface area is 111 Å². The van der Waals surface area contributed by atoms with Gasteiger partial charge in [0.2, 0.25) is 0 Å². The Hall–Kier alpha value is -1.60. The molecule has 1 amide bonds. The molecular formula is C10H9ClFN3O2S. The molecular weight excluding hydrogens is 281 g/mol. The molecule has 0 radical (unpaired) electrons. The van der Waals surface area contributed by atoms with Crippen LogP contribution in [0, 0.1) is 10.6 Å². The average Bonchev–Trinajstić information content (AvgIpc) is 2.56. The van der Waals surface area contributed by atoms with E-state index in [1.807, 2.05) is 0 Å². The molecule has 0 saturated heterocycles. The van der Waals surface area contributed by atoms with Crippen LogP contribution in [-0.2, 0) is 11.3 Å². The van der Waals surface area contributed by atoms with Crippen molar-refractivity contribution in [1.29, 1.82) is 0 Å². The maximum atomic E-state index is 13.4. The van der Waals surface area contributed by atoms with Crippen molar-refractivity contribution in [3.8, 4) is 0 Å². The number of nitrogens with zero attached hydrogens (tertiary/aromatic N) is 1. The molecule has 0 saturated carbocycles. The summed E-state index contributed by atoms with van der Waals surface area (Å²) in [5, 5.41) is 0.0132. The van der Waals surface area contributed by atoms with Crippen LogP contribution in [0.3, 0.4) is 0 Å². The topological polar surface area (TPSA) is 73.0 Å². The Bertz CT molecular complexity index is 667. The number of hydrogen-bond acceptors (Lipinski definition) is 3. The molecule has 1 aromatic carbocycles. The minimum absolute atomic E-state index is 0.0132. The van der Waals surface area contributed by atoms with Crippen LogP contribution >= 0.6 is 23.8 Å². The van der Waals surface area contributed by atoms with Crippen LogP contribution in [0.15, 0.2) is 12.1 Å². The van der Waals surface area contributed by atoms with Gasteiger partial charge in [0.1, 0.15) is 12.4 Å². The van der Waals surface area contributed by atoms with E-state index in [-0.39, 0.29) is 18.2 Å². The molecule has 96 valence electrons. The third-order valence-corrected chi connectivity index (χ3v) is 2.99. The monoisotopic (exact) mass is 289 g/mol. The first kappa shape index (κ1) is 12.8. The molecule has 0 unspecified atom stereocenters. The van der Waals surface area contributed by atoms with Gasteiger partial charge in [0, 0.05) is 6.07 Å². The van der Waals surface area contributed by atoms with Crippen molar-refractivity contribution in [2.75, 3.05) is 6.61 Å². The van der Waals surface area contributed by atoms with E-state index in [1.165, 1.54) is 12.1 Å². The number of fused-ring (bicyclic) bond motifs is 1. The summed E-state index contributed by atoms with van der Waals surface area (Å²) in [5.41, 5.74) is 6.01. The lowest BCUT2D eigenvalue weighted by atomic mass is 10.3. The van der Waals surface area contributed by atoms with E-state index < -0.39 is 11.9 Å². The second kappa shape index (κ2) is 4.95. The van der Waals surface area contributed by atoms with Crippen LogP contribution in [0.2, 0.25) is 5.02 Å². The fraction of sp³-hybridized carbons (Fsp3) is 0.200. The van der Waals surface area contributed by atoms with Gasteiger partial charge in [0.25, 0.3) is 0 Å². The fourth-order valence-corrected chi connectivity index (χ4v) is 2.07. The van der Waals surface area contributed by atoms with Gasteiger partial charge >= 0.3 is 6.09 Å². The number of hydrogen-bond donors (Lipinski definition) is 2. The summed E-state index contributed by atoms with van der Waals surface area (Å²) in [4.78, 5) is 13.3. The fourth-order valence-electron chi connectivity index (χ4n) is 1.61. The van der Waals surface area contributed by atoms with Gasteiger partial charge in [0.15, 0.2) is 4.77 Å². The number of primary amides is 1. The molecule has 1 aromatic heterocycles. The number of nitrogens with one attached hydrogen (secondary N) is 1. The molecule has 0 aliphatic heterocycles. The first-order valence-corrected chi connectivity index (χ1v) is 5.77. The lowest BCUT2D eigenvalue weighted by Crippen LogP contribution is -2.16. The van der Waals surface area contributed by atoms with Crippen molar-refractivity contribution in [3.63, 3.8) is 0 Å². The summed E-state index contributed by atoms with van der Waals surface area (Å²) in [6.07, 6.45) is -0.865. The molecule has 0 fully saturated rings. The Morgan fingerprint density at radius 2 is 2.33 bits per heavy atom. The van der Waals surface area contributed by atoms with Gasteiger partial charge in [-0.1, -0.05) is 11.6 Å². The van der Waals surface area contributed by atoms with Gasteiger partial charge < -0.3 is 20.0 Å². The van der Waals surface area contributed by atoms with Gasteiger partial charge in [-0.15, -0.1) is 0 Å². The third-order valence-electron chi connectivity index (χ3n) is 2.38. The highest BCUT2D eigenvalue weighted by Crippen LogP contribution is 2.22. The predicted molar refractivity (Wildman–Crippen MR) is 67.6 cm³/mol. The number of imidazole rings is 1. The molecule has 3 N–H and O–H groups in total. The summed E-state index contributed by atoms with van der Waals surface area (Å²) in [7, 11) is 0. The van der Waals surface area contributed by atoms with Gasteiger partial charge in [-0.25, -0.2) is 9.18 Å². The number of halogens is 2. The van der Waals surface area contributed by atoms with Gasteiger partial charge in [-0.2, -0.15) is 0 Å². The molecule has 0 spiro atoms. The highest BCUT2D eigenvalue weighted by Gasteiger charge is 2.09. The molecule has 18 heavy (non-hydrogen) atoms. The van der Waals surface area contributed by atoms with Crippen molar-refractivity contribution in [1.82, 2.24) is 9.55 Å². The summed E-state index contributed by atoms with van der Waals surface area (Å²) < 4.78 is 20.0. The Kier molecular flexibility index (Phi) is 3.53. The molecule has 5 nitrogen and oxygen atoms in total. The zero-order valence-corrected chi connectivity index (χ0v) is 10.6. The summed E-state index contributed by atoms with van der Waals surface area (Å²) in [6, 6.07) is 2.72. The zero-order chi connectivity index (χ0) is 13.3. The average molecular weight is 290 g/mol. The number of H-pyrrole nitrogens is 1. The lowest BCUT2D eigenvalue weighted by Gasteiger charge is -2.04. The van der Waals surface area contributed by atoms with Gasteiger partial charge in [0.05, 0.1) is 22.6 Å². The van der Waals surface area contributed by atoms with Crippen LogP contribution in [0.4, 0.5) is 9.18 Å². The molecule has 0 aliphatic rings. The van der Waals surface area contributed by atoms with Crippen LogP contribution in [-0.4, -0.2) is 22.3 Å². The number of nitrogens with two attached hydrogens (primary N) is 1. The minimum atomic E-state index is -0.865. The largest absolute Gasteiger partial charge is 0.448 e. The maximum absolute atomic E-state index is 13.4. The van der Waals surface area contributed by atoms with Crippen LogP contribution in [0.25, 0.3) is 11.0 Å². The molecule has 0 bridgehead atoms. The van der Waals surface area contributed by atoms with Crippen LogP contribution < -0.4 is 5.73 Å². The molecule has 2 aromatic rings. The quantitative estimate of drug-likeness (QED) is 0.853. The second-order valence-electron chi connectivity index (χ2n) is 3.53. The van der Waals surface area contributed by atoms with E-state index in [0.29, 0.717) is 15.8 Å². The Morgan fingerprint density at radius 1 is 1.61 bits per heavy atom. The van der Waals surface area contributed by atoms with Gasteiger partial charge in [-0.3, -0.25) is 0 Å². The summed E-state index contributed by atoms with van der Waals surface area (Å²) in [6.45, 7) is 0.337. The molecule has 0 aliphatic carbocycles. The second-order valence-corrected chi connectivity index (χ2v) is 4.33. The number of carbonyl (C=O) groups excluding carboxylic acids is 1. The maximum Gasteiger partial charge on any atom is 0.404 e. The minimum Gasteiger partial charge on any atom is -0.448 e. The lowest BCUT2D eigenvalue weighted by molar-refractivity contribution is 0.152. The number of amides is 1. The number of rotatable bonds is 3. The number of aromatic nitrogens is 2. The van der Waals surface area contributed by atoms with E-state index in [4.69, 9.17) is 29.6 Å². The van der Waals surface area contributed by atoms with E-state index >= 15 is 0 Å². The van der Waals surface area contributed by atoms with Crippen molar-refractivity contribution in [2.45, 2.75) is 6.54 Å². The molecule has 2 rings (SSSR count). The smallest absolute Gasteiger partial charge is 0.404 e. The van der Waals surface area contributed by atoms with E-state index in [9.17, 15) is 9.18 Å². The number of benzene rings is 1. The highest BCUT2D eigenvalue weighted by atomic mass is 35.5. The normalized spacial score (nSPS) is 10.8. The van der Waals surface area contributed by atoms with Crippen molar-refractivity contribution >= 4 is 40.9 Å². The van der Waals surface area contributed by atoms with E-state index in [1.54, 1.807) is 4.57 Å². The highest BCUT2D eigenvalue weighted by molar-refractivity contribution is 7.71. The number of ether oxygens (including phenoxy) is 1. The Balaban J connectivity index is 2.37. The SMILES string of the molecule is NC(=O)OCCn1c(=S)[nH]c2cc(Cl)c(F)cc21. The summed E-state index contributed by atoms with van der Waals surface area (Å²) >= 11 is 10.8. The molecule has 8 heteroatoms. The van der Waals surface area contributed by atoms with Crippen molar-refractivity contribution in [3.05, 3.63) is 27.7 Å².